The zero-order chi connectivity index (χ0) is 26.5. The Hall–Kier alpha value is -2.60. The lowest BCUT2D eigenvalue weighted by Gasteiger charge is -2.57. The molecule has 0 radical (unpaired) electrons. The Labute approximate surface area is 212 Å². The number of carbonyl (C=O) groups excluding carboxylic acids is 2. The molecule has 0 bridgehead atoms. The molecule has 1 atom stereocenters. The Morgan fingerprint density at radius 1 is 0.743 bits per heavy atom. The van der Waals surface area contributed by atoms with E-state index in [2.05, 4.69) is 67.6 Å². The van der Waals surface area contributed by atoms with Crippen LogP contribution in [0.15, 0.2) is 60.7 Å². The van der Waals surface area contributed by atoms with E-state index in [0.29, 0.717) is 6.42 Å². The molecule has 6 heteroatoms. The molecule has 0 saturated heterocycles. The van der Waals surface area contributed by atoms with Crippen molar-refractivity contribution < 1.29 is 18.8 Å². The van der Waals surface area contributed by atoms with Crippen LogP contribution < -0.4 is 5.32 Å². The van der Waals surface area contributed by atoms with Gasteiger partial charge in [0.2, 0.25) is 0 Å². The van der Waals surface area contributed by atoms with Crippen molar-refractivity contribution in [3.8, 4) is 0 Å². The lowest BCUT2D eigenvalue weighted by atomic mass is 10.1. The highest BCUT2D eigenvalue weighted by molar-refractivity contribution is 6.83. The quantitative estimate of drug-likeness (QED) is 0.404. The maximum Gasteiger partial charge on any atom is 0.408 e. The molecule has 5 nitrogen and oxygen atoms in total. The normalized spacial score (nSPS) is 13.6. The summed E-state index contributed by atoms with van der Waals surface area (Å²) in [6.07, 6.45) is -0.315. The van der Waals surface area contributed by atoms with Gasteiger partial charge in [-0.15, -0.1) is 0 Å². The standard InChI is InChI=1S/C29H43NO4Si/c1-27(2,3)35(28(4,5)6,29(7,8)9)34-25(31)24(20-22-16-12-10-13-17-22)30-26(32)33-21-23-18-14-11-15-19-23/h10-19,24H,20-21H2,1-9H3,(H,30,32)/t24-/m0/s1. The number of hydrogen-bond donors (Lipinski definition) is 1. The van der Waals surface area contributed by atoms with Gasteiger partial charge in [0.15, 0.2) is 0 Å². The third kappa shape index (κ3) is 6.97. The summed E-state index contributed by atoms with van der Waals surface area (Å²) in [5.41, 5.74) is 1.82. The molecule has 2 rings (SSSR count). The highest BCUT2D eigenvalue weighted by Crippen LogP contribution is 2.62. The molecule has 35 heavy (non-hydrogen) atoms. The van der Waals surface area contributed by atoms with Crippen molar-refractivity contribution in [2.75, 3.05) is 0 Å². The molecule has 0 aliphatic carbocycles. The van der Waals surface area contributed by atoms with Gasteiger partial charge in [0, 0.05) is 6.42 Å². The number of ether oxygens (including phenoxy) is 1. The second-order valence-electron chi connectivity index (χ2n) is 12.3. The number of hydrogen-bond acceptors (Lipinski definition) is 4. The number of carbonyl (C=O) groups is 2. The van der Waals surface area contributed by atoms with Gasteiger partial charge in [0.25, 0.3) is 8.32 Å². The molecule has 0 fully saturated rings. The monoisotopic (exact) mass is 497 g/mol. The summed E-state index contributed by atoms with van der Waals surface area (Å²) in [6, 6.07) is 18.3. The maximum absolute atomic E-state index is 13.9. The highest BCUT2D eigenvalue weighted by atomic mass is 28.4. The van der Waals surface area contributed by atoms with Crippen LogP contribution in [0.5, 0.6) is 0 Å². The molecule has 0 saturated carbocycles. The largest absolute Gasteiger partial charge is 0.516 e. The number of rotatable bonds is 7. The molecule has 0 aliphatic rings. The average molecular weight is 498 g/mol. The van der Waals surface area contributed by atoms with Gasteiger partial charge in [0.1, 0.15) is 12.6 Å². The predicted octanol–water partition coefficient (Wildman–Crippen LogP) is 7.41. The number of nitrogens with one attached hydrogen (secondary N) is 1. The fourth-order valence-corrected chi connectivity index (χ4v) is 14.1. The van der Waals surface area contributed by atoms with Crippen molar-refractivity contribution in [3.05, 3.63) is 71.8 Å². The summed E-state index contributed by atoms with van der Waals surface area (Å²) >= 11 is 0. The first-order valence-electron chi connectivity index (χ1n) is 12.3. The van der Waals surface area contributed by atoms with Crippen molar-refractivity contribution in [1.82, 2.24) is 5.32 Å². The highest BCUT2D eigenvalue weighted by Gasteiger charge is 2.64. The Balaban J connectivity index is 2.35. The van der Waals surface area contributed by atoms with Gasteiger partial charge >= 0.3 is 12.1 Å². The number of alkyl carbamates (subject to hydrolysis) is 1. The molecule has 0 aromatic heterocycles. The van der Waals surface area contributed by atoms with E-state index in [1.807, 2.05) is 60.7 Å². The Morgan fingerprint density at radius 3 is 1.60 bits per heavy atom. The van der Waals surface area contributed by atoms with Gasteiger partial charge in [-0.2, -0.15) is 0 Å². The summed E-state index contributed by atoms with van der Waals surface area (Å²) < 4.78 is 12.1. The van der Waals surface area contributed by atoms with E-state index < -0.39 is 26.4 Å². The lowest BCUT2D eigenvalue weighted by molar-refractivity contribution is -0.138. The van der Waals surface area contributed by atoms with Gasteiger partial charge in [-0.05, 0) is 26.2 Å². The van der Waals surface area contributed by atoms with Crippen LogP contribution in [0.1, 0.15) is 73.4 Å². The zero-order valence-corrected chi connectivity index (χ0v) is 23.9. The minimum absolute atomic E-state index is 0.129. The van der Waals surface area contributed by atoms with Crippen LogP contribution >= 0.6 is 0 Å². The molecule has 1 N–H and O–H groups in total. The first-order valence-corrected chi connectivity index (χ1v) is 14.2. The molecule has 0 unspecified atom stereocenters. The maximum atomic E-state index is 13.9. The third-order valence-electron chi connectivity index (χ3n) is 6.49. The molecular weight excluding hydrogens is 454 g/mol. The summed E-state index contributed by atoms with van der Waals surface area (Å²) in [5.74, 6) is -0.406. The first kappa shape index (κ1) is 28.6. The fourth-order valence-electron chi connectivity index (χ4n) is 6.01. The molecule has 192 valence electrons. The van der Waals surface area contributed by atoms with Gasteiger partial charge in [0.05, 0.1) is 0 Å². The topological polar surface area (TPSA) is 64.6 Å². The summed E-state index contributed by atoms with van der Waals surface area (Å²) in [7, 11) is -2.81. The van der Waals surface area contributed by atoms with E-state index in [1.54, 1.807) is 0 Å². The Bertz CT molecular complexity index is 934. The van der Waals surface area contributed by atoms with E-state index in [4.69, 9.17) is 9.16 Å². The summed E-state index contributed by atoms with van der Waals surface area (Å²) in [5, 5.41) is 2.10. The average Bonchev–Trinajstić information content (AvgIpc) is 2.74. The van der Waals surface area contributed by atoms with Crippen molar-refractivity contribution in [1.29, 1.82) is 0 Å². The van der Waals surface area contributed by atoms with E-state index in [0.717, 1.165) is 11.1 Å². The summed E-state index contributed by atoms with van der Waals surface area (Å²) in [6.45, 7) is 19.6. The zero-order valence-electron chi connectivity index (χ0n) is 22.9. The SMILES string of the molecule is CC(C)(C)[Si](OC(=O)[C@H](Cc1ccccc1)NC(=O)OCc1ccccc1)(C(C)(C)C)C(C)(C)C. The predicted molar refractivity (Wildman–Crippen MR) is 145 cm³/mol. The minimum Gasteiger partial charge on any atom is -0.516 e. The van der Waals surface area contributed by atoms with E-state index in [-0.39, 0.29) is 21.7 Å². The lowest BCUT2D eigenvalue weighted by Crippen LogP contribution is -2.63. The number of amides is 1. The first-order chi connectivity index (χ1) is 16.1. The van der Waals surface area contributed by atoms with Crippen LogP contribution in [0, 0.1) is 0 Å². The molecular formula is C29H43NO4Si. The molecule has 0 spiro atoms. The van der Waals surface area contributed by atoms with E-state index >= 15 is 0 Å². The van der Waals surface area contributed by atoms with Gasteiger partial charge in [-0.1, -0.05) is 123 Å². The van der Waals surface area contributed by atoms with E-state index in [9.17, 15) is 9.59 Å². The fraction of sp³-hybridized carbons (Fsp3) is 0.517. The minimum atomic E-state index is -2.81. The number of benzene rings is 2. The second kappa shape index (κ2) is 11.0. The van der Waals surface area contributed by atoms with Crippen LogP contribution in [0.2, 0.25) is 15.1 Å². The molecule has 0 heterocycles. The third-order valence-corrected chi connectivity index (χ3v) is 13.3. The van der Waals surface area contributed by atoms with Crippen molar-refractivity contribution in [2.45, 2.75) is 96.5 Å². The van der Waals surface area contributed by atoms with Crippen molar-refractivity contribution >= 4 is 20.4 Å². The van der Waals surface area contributed by atoms with Crippen LogP contribution in [-0.2, 0) is 27.0 Å². The van der Waals surface area contributed by atoms with Crippen LogP contribution in [0.25, 0.3) is 0 Å². The summed E-state index contributed by atoms with van der Waals surface area (Å²) in [4.78, 5) is 26.6. The van der Waals surface area contributed by atoms with Crippen molar-refractivity contribution in [2.24, 2.45) is 0 Å². The Kier molecular flexibility index (Phi) is 8.98. The van der Waals surface area contributed by atoms with Crippen LogP contribution in [0.4, 0.5) is 4.79 Å². The van der Waals surface area contributed by atoms with Crippen LogP contribution in [-0.4, -0.2) is 26.4 Å². The smallest absolute Gasteiger partial charge is 0.408 e. The Morgan fingerprint density at radius 2 is 1.17 bits per heavy atom. The molecule has 2 aromatic carbocycles. The van der Waals surface area contributed by atoms with Gasteiger partial charge < -0.3 is 14.5 Å². The van der Waals surface area contributed by atoms with E-state index in [1.165, 1.54) is 0 Å². The van der Waals surface area contributed by atoms with Crippen LogP contribution in [0.3, 0.4) is 0 Å². The molecule has 1 amide bonds. The molecule has 0 aliphatic heterocycles. The molecule has 2 aromatic rings. The van der Waals surface area contributed by atoms with Gasteiger partial charge in [-0.25, -0.2) is 4.79 Å². The second-order valence-corrected chi connectivity index (χ2v) is 18.4. The van der Waals surface area contributed by atoms with Gasteiger partial charge in [-0.3, -0.25) is 4.79 Å². The van der Waals surface area contributed by atoms with Crippen molar-refractivity contribution in [3.63, 3.8) is 0 Å².